The van der Waals surface area contributed by atoms with Crippen molar-refractivity contribution < 1.29 is 49.7 Å². The van der Waals surface area contributed by atoms with Crippen molar-refractivity contribution in [3.8, 4) is 22.6 Å². The van der Waals surface area contributed by atoms with E-state index in [-0.39, 0.29) is 18.1 Å². The molecule has 0 aliphatic carbocycles. The molecule has 0 aromatic heterocycles. The molecule has 0 radical (unpaired) electrons. The Morgan fingerprint density at radius 1 is 0.771 bits per heavy atom. The van der Waals surface area contributed by atoms with Crippen LogP contribution in [0.15, 0.2) is 91.0 Å². The van der Waals surface area contributed by atoms with Crippen LogP contribution in [0.5, 0.6) is 11.5 Å². The number of aryl methyl sites for hydroxylation is 1. The number of rotatable bonds is 13. The van der Waals surface area contributed by atoms with Gasteiger partial charge in [0, 0.05) is 23.9 Å². The zero-order valence-corrected chi connectivity index (χ0v) is 25.5. The number of halogens is 7. The number of ether oxygens (including phenoxy) is 3. The fourth-order valence-electron chi connectivity index (χ4n) is 4.57. The molecule has 4 aromatic carbocycles. The average molecular weight is 677 g/mol. The van der Waals surface area contributed by atoms with Crippen molar-refractivity contribution in [3.63, 3.8) is 0 Å². The van der Waals surface area contributed by atoms with Crippen molar-refractivity contribution in [2.75, 3.05) is 18.1 Å². The third-order valence-electron chi connectivity index (χ3n) is 7.09. The van der Waals surface area contributed by atoms with Crippen molar-refractivity contribution in [1.29, 1.82) is 0 Å². The molecule has 4 rings (SSSR count). The van der Waals surface area contributed by atoms with E-state index in [0.717, 1.165) is 41.0 Å². The van der Waals surface area contributed by atoms with E-state index < -0.39 is 49.2 Å². The standard InChI is InChI=1S/C35H31F7N2O4/c1-22-19-26(43)8-14-30(22)31-15-9-27(44)20-24(31)21-47-32(45)16-5-23-3-10-29(11-4-23)48-34(38,39)25-6-12-28(13-7-25)46-18-2-17-33(36,37)35(40,41)42/h3-16,19-20H,2,17-18,21,43-44H2,1H3/b16-5+. The Morgan fingerprint density at radius 2 is 1.38 bits per heavy atom. The third kappa shape index (κ3) is 9.43. The van der Waals surface area contributed by atoms with Crippen LogP contribution < -0.4 is 20.9 Å². The molecule has 0 saturated carbocycles. The summed E-state index contributed by atoms with van der Waals surface area (Å²) in [4.78, 5) is 12.5. The van der Waals surface area contributed by atoms with E-state index in [2.05, 4.69) is 0 Å². The van der Waals surface area contributed by atoms with Gasteiger partial charge >= 0.3 is 24.2 Å². The first-order chi connectivity index (χ1) is 22.5. The van der Waals surface area contributed by atoms with E-state index in [1.54, 1.807) is 18.2 Å². The first-order valence-corrected chi connectivity index (χ1v) is 14.5. The van der Waals surface area contributed by atoms with Gasteiger partial charge in [0.2, 0.25) is 0 Å². The van der Waals surface area contributed by atoms with Gasteiger partial charge in [-0.05, 0) is 108 Å². The van der Waals surface area contributed by atoms with Crippen LogP contribution in [0.1, 0.15) is 35.1 Å². The fourth-order valence-corrected chi connectivity index (χ4v) is 4.57. The highest BCUT2D eigenvalue weighted by Gasteiger charge is 2.56. The molecule has 0 fully saturated rings. The summed E-state index contributed by atoms with van der Waals surface area (Å²) >= 11 is 0. The molecule has 0 spiro atoms. The smallest absolute Gasteiger partial charge is 0.453 e. The van der Waals surface area contributed by atoms with Crippen LogP contribution in [0.4, 0.5) is 42.1 Å². The predicted molar refractivity (Wildman–Crippen MR) is 167 cm³/mol. The van der Waals surface area contributed by atoms with Gasteiger partial charge in [0.05, 0.1) is 12.2 Å². The molecule has 0 bridgehead atoms. The Kier molecular flexibility index (Phi) is 10.9. The third-order valence-corrected chi connectivity index (χ3v) is 7.09. The molecular formula is C35H31F7N2O4. The molecule has 0 aliphatic heterocycles. The zero-order chi connectivity index (χ0) is 35.1. The second-order valence-corrected chi connectivity index (χ2v) is 10.8. The SMILES string of the molecule is Cc1cc(N)ccc1-c1ccc(N)cc1COC(=O)/C=C/c1ccc(OC(F)(F)c2ccc(OCCCC(F)(F)C(F)(F)F)cc2)cc1. The molecule has 254 valence electrons. The van der Waals surface area contributed by atoms with Gasteiger partial charge in [-0.25, -0.2) is 4.79 Å². The number of anilines is 2. The summed E-state index contributed by atoms with van der Waals surface area (Å²) in [5.74, 6) is -5.67. The lowest BCUT2D eigenvalue weighted by atomic mass is 9.95. The lowest BCUT2D eigenvalue weighted by molar-refractivity contribution is -0.284. The van der Waals surface area contributed by atoms with Crippen LogP contribution in [0, 0.1) is 6.92 Å². The van der Waals surface area contributed by atoms with E-state index in [0.29, 0.717) is 22.5 Å². The van der Waals surface area contributed by atoms with E-state index in [1.165, 1.54) is 36.4 Å². The van der Waals surface area contributed by atoms with Crippen LogP contribution in [0.25, 0.3) is 17.2 Å². The summed E-state index contributed by atoms with van der Waals surface area (Å²) in [6.07, 6.45) is -8.87. The number of nitrogens with two attached hydrogens (primary N) is 2. The summed E-state index contributed by atoms with van der Waals surface area (Å²) in [6, 6.07) is 20.5. The fraction of sp³-hybridized carbons (Fsp3) is 0.229. The van der Waals surface area contributed by atoms with Crippen LogP contribution in [-0.2, 0) is 22.2 Å². The van der Waals surface area contributed by atoms with E-state index in [4.69, 9.17) is 25.7 Å². The predicted octanol–water partition coefficient (Wildman–Crippen LogP) is 9.07. The van der Waals surface area contributed by atoms with E-state index in [1.807, 2.05) is 25.1 Å². The number of hydrogen-bond acceptors (Lipinski definition) is 6. The van der Waals surface area contributed by atoms with Crippen LogP contribution >= 0.6 is 0 Å². The Morgan fingerprint density at radius 3 is 2.00 bits per heavy atom. The summed E-state index contributed by atoms with van der Waals surface area (Å²) in [6.45, 7) is 1.40. The molecule has 0 amide bonds. The Bertz CT molecular complexity index is 1740. The number of esters is 1. The molecule has 48 heavy (non-hydrogen) atoms. The maximum absolute atomic E-state index is 14.8. The quantitative estimate of drug-likeness (QED) is 0.0482. The Hall–Kier alpha value is -5.20. The van der Waals surface area contributed by atoms with Crippen molar-refractivity contribution in [3.05, 3.63) is 113 Å². The lowest BCUT2D eigenvalue weighted by Crippen LogP contribution is -2.36. The van der Waals surface area contributed by atoms with Gasteiger partial charge in [-0.1, -0.05) is 24.3 Å². The number of benzene rings is 4. The summed E-state index contributed by atoms with van der Waals surface area (Å²) in [7, 11) is 0. The van der Waals surface area contributed by atoms with Gasteiger partial charge in [-0.3, -0.25) is 0 Å². The average Bonchev–Trinajstić information content (AvgIpc) is 3.02. The number of nitrogen functional groups attached to an aromatic ring is 2. The van der Waals surface area contributed by atoms with Crippen molar-refractivity contribution >= 4 is 23.4 Å². The molecule has 0 saturated heterocycles. The molecule has 13 heteroatoms. The molecule has 0 heterocycles. The highest BCUT2D eigenvalue weighted by atomic mass is 19.4. The van der Waals surface area contributed by atoms with Crippen molar-refractivity contribution in [2.24, 2.45) is 0 Å². The minimum atomic E-state index is -5.66. The van der Waals surface area contributed by atoms with Crippen LogP contribution in [0.3, 0.4) is 0 Å². The topological polar surface area (TPSA) is 96.8 Å². The number of carbonyl (C=O) groups is 1. The van der Waals surface area contributed by atoms with Crippen molar-refractivity contribution in [2.45, 2.75) is 44.6 Å². The van der Waals surface area contributed by atoms with E-state index in [9.17, 15) is 35.5 Å². The number of alkyl halides is 7. The molecular weight excluding hydrogens is 645 g/mol. The molecule has 0 unspecified atom stereocenters. The Labute approximate surface area is 271 Å². The number of carbonyl (C=O) groups excluding carboxylic acids is 1. The van der Waals surface area contributed by atoms with Gasteiger partial charge < -0.3 is 25.7 Å². The largest absolute Gasteiger partial charge is 0.494 e. The second kappa shape index (κ2) is 14.7. The molecule has 4 aromatic rings. The van der Waals surface area contributed by atoms with Crippen LogP contribution in [-0.4, -0.2) is 24.7 Å². The Balaban J connectivity index is 1.29. The molecule has 4 N–H and O–H groups in total. The molecule has 6 nitrogen and oxygen atoms in total. The number of hydrogen-bond donors (Lipinski definition) is 2. The maximum Gasteiger partial charge on any atom is 0.453 e. The van der Waals surface area contributed by atoms with E-state index >= 15 is 0 Å². The van der Waals surface area contributed by atoms with Gasteiger partial charge in [-0.2, -0.15) is 30.7 Å². The summed E-state index contributed by atoms with van der Waals surface area (Å²) in [5.41, 5.74) is 16.3. The summed E-state index contributed by atoms with van der Waals surface area (Å²) < 4.78 is 108. The molecule has 0 atom stereocenters. The first-order valence-electron chi connectivity index (χ1n) is 14.5. The second-order valence-electron chi connectivity index (χ2n) is 10.8. The lowest BCUT2D eigenvalue weighted by Gasteiger charge is -2.20. The zero-order valence-electron chi connectivity index (χ0n) is 25.5. The summed E-state index contributed by atoms with van der Waals surface area (Å²) in [5, 5.41) is 0. The highest BCUT2D eigenvalue weighted by Crippen LogP contribution is 2.39. The molecule has 0 aliphatic rings. The van der Waals surface area contributed by atoms with Crippen molar-refractivity contribution in [1.82, 2.24) is 0 Å². The van der Waals surface area contributed by atoms with Gasteiger partial charge in [0.25, 0.3) is 0 Å². The van der Waals surface area contributed by atoms with Crippen LogP contribution in [0.2, 0.25) is 0 Å². The minimum Gasteiger partial charge on any atom is -0.494 e. The van der Waals surface area contributed by atoms with Gasteiger partial charge in [0.1, 0.15) is 18.1 Å². The normalized spacial score (nSPS) is 12.2. The minimum absolute atomic E-state index is 0.00443. The highest BCUT2D eigenvalue weighted by molar-refractivity contribution is 5.87. The monoisotopic (exact) mass is 676 g/mol. The van der Waals surface area contributed by atoms with Gasteiger partial charge in [-0.15, -0.1) is 0 Å². The maximum atomic E-state index is 14.8. The first kappa shape index (κ1) is 35.7. The van der Waals surface area contributed by atoms with Gasteiger partial charge in [0.15, 0.2) is 0 Å².